The molecule has 184 valence electrons. The van der Waals surface area contributed by atoms with E-state index in [-0.39, 0.29) is 30.1 Å². The number of aromatic nitrogens is 2. The maximum Gasteiger partial charge on any atom is 0.338 e. The maximum absolute atomic E-state index is 12.8. The van der Waals surface area contributed by atoms with Crippen LogP contribution in [-0.2, 0) is 20.8 Å². The van der Waals surface area contributed by atoms with Crippen molar-refractivity contribution in [2.24, 2.45) is 0 Å². The van der Waals surface area contributed by atoms with Gasteiger partial charge in [0.05, 0.1) is 42.3 Å². The summed E-state index contributed by atoms with van der Waals surface area (Å²) in [6, 6.07) is 13.8. The number of ether oxygens (including phenoxy) is 2. The van der Waals surface area contributed by atoms with Gasteiger partial charge in [-0.3, -0.25) is 14.5 Å². The molecule has 1 unspecified atom stereocenters. The van der Waals surface area contributed by atoms with E-state index in [1.165, 1.54) is 0 Å². The Hall–Kier alpha value is -3.56. The number of carbonyl (C=O) groups is 2. The van der Waals surface area contributed by atoms with Crippen LogP contribution < -0.4 is 10.9 Å². The molecule has 0 saturated carbocycles. The second kappa shape index (κ2) is 11.7. The van der Waals surface area contributed by atoms with Crippen LogP contribution in [0.4, 0.5) is 5.69 Å². The van der Waals surface area contributed by atoms with Crippen molar-refractivity contribution in [1.82, 2.24) is 14.9 Å². The average Bonchev–Trinajstić information content (AvgIpc) is 3.36. The summed E-state index contributed by atoms with van der Waals surface area (Å²) in [5.74, 6) is -0.105. The third kappa shape index (κ3) is 6.74. The summed E-state index contributed by atoms with van der Waals surface area (Å²) >= 11 is 0. The van der Waals surface area contributed by atoms with Crippen molar-refractivity contribution in [2.45, 2.75) is 38.8 Å². The Morgan fingerprint density at radius 2 is 2.00 bits per heavy atom. The van der Waals surface area contributed by atoms with E-state index in [1.807, 2.05) is 17.9 Å². The second-order valence-corrected chi connectivity index (χ2v) is 8.60. The third-order valence-corrected chi connectivity index (χ3v) is 5.73. The van der Waals surface area contributed by atoms with E-state index in [0.717, 1.165) is 19.3 Å². The lowest BCUT2D eigenvalue weighted by Crippen LogP contribution is -2.38. The normalized spacial score (nSPS) is 15.4. The topological polar surface area (TPSA) is 114 Å². The van der Waals surface area contributed by atoms with Gasteiger partial charge in [0.15, 0.2) is 0 Å². The minimum absolute atomic E-state index is 0.0309. The predicted octanol–water partition coefficient (Wildman–Crippen LogP) is 3.11. The number of fused-ring (bicyclic) bond motifs is 1. The SMILES string of the molecule is CCCOC(=O)c1ccc(NC(=O)CN(Cc2nc3ccccc3c(=O)[nH]2)CC2CCCO2)cc1. The highest BCUT2D eigenvalue weighted by Gasteiger charge is 2.22. The minimum Gasteiger partial charge on any atom is -0.462 e. The van der Waals surface area contributed by atoms with E-state index in [2.05, 4.69) is 15.3 Å². The van der Waals surface area contributed by atoms with Crippen LogP contribution in [0.25, 0.3) is 10.9 Å². The van der Waals surface area contributed by atoms with Crippen LogP contribution >= 0.6 is 0 Å². The number of benzene rings is 2. The highest BCUT2D eigenvalue weighted by atomic mass is 16.5. The molecule has 0 spiro atoms. The van der Waals surface area contributed by atoms with E-state index < -0.39 is 0 Å². The van der Waals surface area contributed by atoms with Crippen molar-refractivity contribution in [1.29, 1.82) is 0 Å². The molecule has 1 aliphatic heterocycles. The quantitative estimate of drug-likeness (QED) is 0.431. The van der Waals surface area contributed by atoms with E-state index >= 15 is 0 Å². The van der Waals surface area contributed by atoms with Crippen molar-refractivity contribution in [3.63, 3.8) is 0 Å². The Kier molecular flexibility index (Phi) is 8.23. The lowest BCUT2D eigenvalue weighted by atomic mass is 10.2. The van der Waals surface area contributed by atoms with Crippen LogP contribution in [0.1, 0.15) is 42.4 Å². The van der Waals surface area contributed by atoms with Crippen molar-refractivity contribution in [2.75, 3.05) is 31.6 Å². The number of esters is 1. The molecule has 2 heterocycles. The largest absolute Gasteiger partial charge is 0.462 e. The number of hydrogen-bond acceptors (Lipinski definition) is 7. The molecule has 0 bridgehead atoms. The molecule has 1 atom stereocenters. The smallest absolute Gasteiger partial charge is 0.338 e. The summed E-state index contributed by atoms with van der Waals surface area (Å²) in [6.07, 6.45) is 2.70. The number of aromatic amines is 1. The number of carbonyl (C=O) groups excluding carboxylic acids is 2. The number of rotatable bonds is 10. The fraction of sp³-hybridized carbons (Fsp3) is 0.385. The van der Waals surface area contributed by atoms with Crippen molar-refractivity contribution < 1.29 is 19.1 Å². The highest BCUT2D eigenvalue weighted by Crippen LogP contribution is 2.16. The first-order valence-corrected chi connectivity index (χ1v) is 11.9. The number of para-hydroxylation sites is 1. The van der Waals surface area contributed by atoms with E-state index in [1.54, 1.807) is 42.5 Å². The standard InChI is InChI=1S/C26H30N4O5/c1-2-13-35-26(33)18-9-11-19(12-10-18)27-24(31)17-30(15-20-6-5-14-34-20)16-23-28-22-8-4-3-7-21(22)25(32)29-23/h3-4,7-12,20H,2,5-6,13-17H2,1H3,(H,27,31)(H,28,29,32). The van der Waals surface area contributed by atoms with Crippen LogP contribution in [0.15, 0.2) is 53.3 Å². The number of hydrogen-bond donors (Lipinski definition) is 2. The van der Waals surface area contributed by atoms with E-state index in [0.29, 0.717) is 54.3 Å². The van der Waals surface area contributed by atoms with Crippen LogP contribution in [-0.4, -0.2) is 59.2 Å². The molecular formula is C26H30N4O5. The summed E-state index contributed by atoms with van der Waals surface area (Å²) in [4.78, 5) is 46.6. The Labute approximate surface area is 203 Å². The van der Waals surface area contributed by atoms with Gasteiger partial charge in [-0.2, -0.15) is 0 Å². The summed E-state index contributed by atoms with van der Waals surface area (Å²) in [5, 5.41) is 3.40. The summed E-state index contributed by atoms with van der Waals surface area (Å²) in [5.41, 5.74) is 1.43. The Morgan fingerprint density at radius 3 is 2.74 bits per heavy atom. The monoisotopic (exact) mass is 478 g/mol. The number of anilines is 1. The molecule has 9 heteroatoms. The predicted molar refractivity (Wildman–Crippen MR) is 132 cm³/mol. The molecule has 3 aromatic rings. The summed E-state index contributed by atoms with van der Waals surface area (Å²) in [6.45, 7) is 3.96. The Balaban J connectivity index is 1.43. The zero-order valence-corrected chi connectivity index (χ0v) is 19.8. The minimum atomic E-state index is -0.385. The molecule has 1 saturated heterocycles. The molecule has 1 aliphatic rings. The molecule has 0 radical (unpaired) electrons. The zero-order chi connectivity index (χ0) is 24.6. The van der Waals surface area contributed by atoms with Crippen LogP contribution in [0.3, 0.4) is 0 Å². The van der Waals surface area contributed by atoms with Gasteiger partial charge in [-0.25, -0.2) is 9.78 Å². The fourth-order valence-electron chi connectivity index (χ4n) is 4.05. The Morgan fingerprint density at radius 1 is 1.20 bits per heavy atom. The summed E-state index contributed by atoms with van der Waals surface area (Å²) in [7, 11) is 0. The highest BCUT2D eigenvalue weighted by molar-refractivity contribution is 5.94. The second-order valence-electron chi connectivity index (χ2n) is 8.60. The molecule has 1 aromatic heterocycles. The van der Waals surface area contributed by atoms with Gasteiger partial charge < -0.3 is 19.8 Å². The molecule has 1 fully saturated rings. The number of amides is 1. The van der Waals surface area contributed by atoms with Gasteiger partial charge in [0.2, 0.25) is 5.91 Å². The van der Waals surface area contributed by atoms with Crippen LogP contribution in [0.5, 0.6) is 0 Å². The molecule has 4 rings (SSSR count). The molecule has 0 aliphatic carbocycles. The van der Waals surface area contributed by atoms with Crippen LogP contribution in [0.2, 0.25) is 0 Å². The summed E-state index contributed by atoms with van der Waals surface area (Å²) < 4.78 is 10.9. The van der Waals surface area contributed by atoms with E-state index in [9.17, 15) is 14.4 Å². The van der Waals surface area contributed by atoms with Crippen molar-refractivity contribution in [3.05, 3.63) is 70.3 Å². The van der Waals surface area contributed by atoms with Gasteiger partial charge in [0.25, 0.3) is 5.56 Å². The van der Waals surface area contributed by atoms with Gasteiger partial charge in [-0.15, -0.1) is 0 Å². The molecule has 2 aromatic carbocycles. The lowest BCUT2D eigenvalue weighted by Gasteiger charge is -2.24. The number of nitrogens with zero attached hydrogens (tertiary/aromatic N) is 2. The molecule has 1 amide bonds. The molecular weight excluding hydrogens is 448 g/mol. The first-order valence-electron chi connectivity index (χ1n) is 11.9. The van der Waals surface area contributed by atoms with Crippen LogP contribution in [0, 0.1) is 0 Å². The third-order valence-electron chi connectivity index (χ3n) is 5.73. The van der Waals surface area contributed by atoms with Crippen molar-refractivity contribution in [3.8, 4) is 0 Å². The fourth-order valence-corrected chi connectivity index (χ4v) is 4.05. The first kappa shape index (κ1) is 24.6. The van der Waals surface area contributed by atoms with Gasteiger partial charge >= 0.3 is 5.97 Å². The van der Waals surface area contributed by atoms with Gasteiger partial charge in [0.1, 0.15) is 5.82 Å². The maximum atomic E-state index is 12.8. The lowest BCUT2D eigenvalue weighted by molar-refractivity contribution is -0.117. The molecule has 2 N–H and O–H groups in total. The zero-order valence-electron chi connectivity index (χ0n) is 19.8. The van der Waals surface area contributed by atoms with Gasteiger partial charge in [0, 0.05) is 18.8 Å². The average molecular weight is 479 g/mol. The Bertz CT molecular complexity index is 1220. The van der Waals surface area contributed by atoms with E-state index in [4.69, 9.17) is 9.47 Å². The molecule has 9 nitrogen and oxygen atoms in total. The van der Waals surface area contributed by atoms with Gasteiger partial charge in [-0.1, -0.05) is 19.1 Å². The number of H-pyrrole nitrogens is 1. The van der Waals surface area contributed by atoms with Crippen molar-refractivity contribution >= 4 is 28.5 Å². The molecule has 35 heavy (non-hydrogen) atoms. The first-order chi connectivity index (χ1) is 17.0. The number of nitrogens with one attached hydrogen (secondary N) is 2. The van der Waals surface area contributed by atoms with Gasteiger partial charge in [-0.05, 0) is 55.7 Å².